The molecule has 1 aliphatic heterocycles. The fourth-order valence-electron chi connectivity index (χ4n) is 1.78. The predicted octanol–water partition coefficient (Wildman–Crippen LogP) is 0.885. The molecule has 0 saturated heterocycles. The van der Waals surface area contributed by atoms with Gasteiger partial charge in [0, 0.05) is 11.5 Å². The zero-order chi connectivity index (χ0) is 10.3. The third-order valence-electron chi connectivity index (χ3n) is 2.56. The lowest BCUT2D eigenvalue weighted by molar-refractivity contribution is 0.0512. The van der Waals surface area contributed by atoms with Gasteiger partial charge in [0.2, 0.25) is 0 Å². The Labute approximate surface area is 81.1 Å². The second kappa shape index (κ2) is 3.13. The summed E-state index contributed by atoms with van der Waals surface area (Å²) in [5.74, 6) is 0.578. The van der Waals surface area contributed by atoms with Crippen molar-refractivity contribution in [3.63, 3.8) is 0 Å². The molecule has 2 heterocycles. The maximum atomic E-state index is 10.9. The van der Waals surface area contributed by atoms with Crippen molar-refractivity contribution in [3.05, 3.63) is 28.3 Å². The highest BCUT2D eigenvalue weighted by Crippen LogP contribution is 2.37. The number of hydrogen-bond donors (Lipinski definition) is 1. The number of ether oxygens (including phenoxy) is 1. The van der Waals surface area contributed by atoms with E-state index in [9.17, 15) is 9.90 Å². The van der Waals surface area contributed by atoms with Crippen LogP contribution in [-0.2, 0) is 0 Å². The van der Waals surface area contributed by atoms with Crippen molar-refractivity contribution < 1.29 is 14.3 Å². The molecule has 2 rings (SSSR count). The molecule has 0 aliphatic carbocycles. The number of fused-ring (bicyclic) bond motifs is 1. The smallest absolute Gasteiger partial charge is 0.339 e. The van der Waals surface area contributed by atoms with Gasteiger partial charge in [-0.1, -0.05) is 6.92 Å². The van der Waals surface area contributed by atoms with Crippen molar-refractivity contribution in [3.8, 4) is 5.75 Å². The summed E-state index contributed by atoms with van der Waals surface area (Å²) in [6.07, 6.45) is 0.555. The number of aliphatic hydroxyl groups excluding tert-OH is 1. The van der Waals surface area contributed by atoms with Crippen molar-refractivity contribution in [1.29, 1.82) is 0 Å². The number of rotatable bonds is 1. The van der Waals surface area contributed by atoms with E-state index >= 15 is 0 Å². The van der Waals surface area contributed by atoms with Crippen molar-refractivity contribution in [1.82, 2.24) is 0 Å². The minimum Gasteiger partial charge on any atom is -0.486 e. The molecule has 76 valence electrons. The Kier molecular flexibility index (Phi) is 2.07. The Morgan fingerprint density at radius 1 is 1.57 bits per heavy atom. The molecule has 0 fully saturated rings. The summed E-state index contributed by atoms with van der Waals surface area (Å²) in [6.45, 7) is 3.60. The molecular weight excluding hydrogens is 184 g/mol. The van der Waals surface area contributed by atoms with Crippen LogP contribution < -0.4 is 10.4 Å². The minimum atomic E-state index is -0.562. The van der Waals surface area contributed by atoms with Crippen LogP contribution in [0.1, 0.15) is 25.3 Å². The SMILES string of the molecule is CC1c2coc(=O)cc2O[C@@H]1[C@H](C)O. The molecular formula is C10H12O4. The third-order valence-corrected chi connectivity index (χ3v) is 2.56. The second-order valence-electron chi connectivity index (χ2n) is 3.63. The third kappa shape index (κ3) is 1.32. The topological polar surface area (TPSA) is 59.7 Å². The molecule has 4 heteroatoms. The van der Waals surface area contributed by atoms with Gasteiger partial charge in [0.15, 0.2) is 0 Å². The monoisotopic (exact) mass is 196 g/mol. The highest BCUT2D eigenvalue weighted by molar-refractivity contribution is 5.37. The summed E-state index contributed by atoms with van der Waals surface area (Å²) in [6, 6.07) is 1.31. The minimum absolute atomic E-state index is 0.0503. The summed E-state index contributed by atoms with van der Waals surface area (Å²) >= 11 is 0. The highest BCUT2D eigenvalue weighted by Gasteiger charge is 2.34. The van der Waals surface area contributed by atoms with E-state index in [4.69, 9.17) is 9.15 Å². The van der Waals surface area contributed by atoms with Gasteiger partial charge in [0.25, 0.3) is 0 Å². The first-order valence-corrected chi connectivity index (χ1v) is 4.57. The van der Waals surface area contributed by atoms with E-state index in [1.807, 2.05) is 6.92 Å². The molecule has 1 aliphatic rings. The van der Waals surface area contributed by atoms with Crippen molar-refractivity contribution in [2.75, 3.05) is 0 Å². The average molecular weight is 196 g/mol. The van der Waals surface area contributed by atoms with Crippen molar-refractivity contribution in [2.45, 2.75) is 32.0 Å². The van der Waals surface area contributed by atoms with Gasteiger partial charge >= 0.3 is 5.63 Å². The van der Waals surface area contributed by atoms with Crippen LogP contribution in [0, 0.1) is 0 Å². The van der Waals surface area contributed by atoms with Crippen LogP contribution in [0.15, 0.2) is 21.5 Å². The Morgan fingerprint density at radius 3 is 2.93 bits per heavy atom. The molecule has 0 saturated carbocycles. The Morgan fingerprint density at radius 2 is 2.29 bits per heavy atom. The van der Waals surface area contributed by atoms with Crippen LogP contribution in [0.3, 0.4) is 0 Å². The van der Waals surface area contributed by atoms with Gasteiger partial charge in [0.05, 0.1) is 12.2 Å². The van der Waals surface area contributed by atoms with Crippen LogP contribution in [0.25, 0.3) is 0 Å². The highest BCUT2D eigenvalue weighted by atomic mass is 16.5. The largest absolute Gasteiger partial charge is 0.486 e. The van der Waals surface area contributed by atoms with Gasteiger partial charge in [-0.3, -0.25) is 0 Å². The molecule has 0 amide bonds. The first-order valence-electron chi connectivity index (χ1n) is 4.57. The standard InChI is InChI=1S/C10H12O4/c1-5-7-4-13-9(12)3-8(7)14-10(5)6(2)11/h3-6,10-11H,1-2H3/t5?,6-,10-/m0/s1. The van der Waals surface area contributed by atoms with E-state index in [2.05, 4.69) is 0 Å². The molecule has 3 atom stereocenters. The van der Waals surface area contributed by atoms with E-state index in [0.717, 1.165) is 5.56 Å². The molecule has 0 aromatic carbocycles. The van der Waals surface area contributed by atoms with Gasteiger partial charge in [0.1, 0.15) is 18.1 Å². The first-order chi connectivity index (χ1) is 6.59. The van der Waals surface area contributed by atoms with Crippen LogP contribution in [0.4, 0.5) is 0 Å². The summed E-state index contributed by atoms with van der Waals surface area (Å²) in [4.78, 5) is 10.9. The summed E-state index contributed by atoms with van der Waals surface area (Å²) in [5, 5.41) is 9.43. The molecule has 4 nitrogen and oxygen atoms in total. The van der Waals surface area contributed by atoms with E-state index in [1.165, 1.54) is 12.3 Å². The van der Waals surface area contributed by atoms with E-state index in [1.54, 1.807) is 6.92 Å². The van der Waals surface area contributed by atoms with Gasteiger partial charge in [-0.25, -0.2) is 4.79 Å². The van der Waals surface area contributed by atoms with Gasteiger partial charge in [-0.05, 0) is 6.92 Å². The van der Waals surface area contributed by atoms with Crippen LogP contribution in [-0.4, -0.2) is 17.3 Å². The predicted molar refractivity (Wildman–Crippen MR) is 49.5 cm³/mol. The summed E-state index contributed by atoms with van der Waals surface area (Å²) in [7, 11) is 0. The van der Waals surface area contributed by atoms with E-state index in [-0.39, 0.29) is 12.0 Å². The average Bonchev–Trinajstić information content (AvgIpc) is 2.43. The van der Waals surface area contributed by atoms with Crippen molar-refractivity contribution >= 4 is 0 Å². The van der Waals surface area contributed by atoms with Gasteiger partial charge in [-0.15, -0.1) is 0 Å². The second-order valence-corrected chi connectivity index (χ2v) is 3.63. The van der Waals surface area contributed by atoms with E-state index < -0.39 is 11.7 Å². The van der Waals surface area contributed by atoms with E-state index in [0.29, 0.717) is 5.75 Å². The molecule has 0 radical (unpaired) electrons. The van der Waals surface area contributed by atoms with Gasteiger partial charge < -0.3 is 14.3 Å². The van der Waals surface area contributed by atoms with Crippen molar-refractivity contribution in [2.24, 2.45) is 0 Å². The number of aliphatic hydroxyl groups is 1. The lowest BCUT2D eigenvalue weighted by atomic mass is 9.97. The molecule has 1 aromatic rings. The molecule has 0 spiro atoms. The lowest BCUT2D eigenvalue weighted by Gasteiger charge is -2.17. The molecule has 1 aromatic heterocycles. The summed E-state index contributed by atoms with van der Waals surface area (Å²) in [5.41, 5.74) is 0.415. The molecule has 1 N–H and O–H groups in total. The quantitative estimate of drug-likeness (QED) is 0.724. The van der Waals surface area contributed by atoms with Crippen LogP contribution in [0.2, 0.25) is 0 Å². The lowest BCUT2D eigenvalue weighted by Crippen LogP contribution is -2.29. The number of hydrogen-bond acceptors (Lipinski definition) is 4. The Bertz CT molecular complexity index is 393. The molecule has 14 heavy (non-hydrogen) atoms. The zero-order valence-electron chi connectivity index (χ0n) is 8.06. The fourth-order valence-corrected chi connectivity index (χ4v) is 1.78. The normalized spacial score (nSPS) is 26.8. The zero-order valence-corrected chi connectivity index (χ0v) is 8.06. The summed E-state index contributed by atoms with van der Waals surface area (Å²) < 4.78 is 10.2. The van der Waals surface area contributed by atoms with Crippen LogP contribution in [0.5, 0.6) is 5.75 Å². The molecule has 1 unspecified atom stereocenters. The maximum absolute atomic E-state index is 10.9. The Balaban J connectivity index is 2.40. The van der Waals surface area contributed by atoms with Crippen LogP contribution >= 0.6 is 0 Å². The van der Waals surface area contributed by atoms with Gasteiger partial charge in [-0.2, -0.15) is 0 Å². The Hall–Kier alpha value is -1.29. The fraction of sp³-hybridized carbons (Fsp3) is 0.500. The first kappa shape index (κ1) is 9.27. The molecule has 0 bridgehead atoms. The maximum Gasteiger partial charge on any atom is 0.339 e.